The van der Waals surface area contributed by atoms with Crippen LogP contribution in [0.4, 0.5) is 13.2 Å². The first kappa shape index (κ1) is 18.2. The number of carbonyl (C=O) groups is 2. The third-order valence-electron chi connectivity index (χ3n) is 4.60. The Morgan fingerprint density at radius 1 is 1.17 bits per heavy atom. The van der Waals surface area contributed by atoms with Gasteiger partial charge in [0, 0.05) is 23.4 Å². The number of pyridine rings is 1. The molecule has 0 bridgehead atoms. The average molecular weight is 344 g/mol. The highest BCUT2D eigenvalue weighted by Crippen LogP contribution is 2.37. The Hall–Kier alpha value is -2.16. The fraction of sp³-hybridized carbons (Fsp3) is 0.533. The van der Waals surface area contributed by atoms with Crippen molar-refractivity contribution in [3.05, 3.63) is 28.1 Å². The molecule has 1 aromatic heterocycles. The van der Waals surface area contributed by atoms with E-state index in [0.717, 1.165) is 0 Å². The van der Waals surface area contributed by atoms with E-state index >= 15 is 0 Å². The molecule has 9 heteroatoms. The third kappa shape index (κ3) is 2.72. The summed E-state index contributed by atoms with van der Waals surface area (Å²) in [6.45, 7) is -1.88. The molecule has 132 valence electrons. The zero-order valence-electron chi connectivity index (χ0n) is 13.2. The minimum atomic E-state index is -1.51. The number of aryl methyl sites for hydroxylation is 1. The van der Waals surface area contributed by atoms with Gasteiger partial charge in [0.25, 0.3) is 0 Å². The van der Waals surface area contributed by atoms with Gasteiger partial charge in [0.2, 0.25) is 11.8 Å². The van der Waals surface area contributed by atoms with Gasteiger partial charge in [0.05, 0.1) is 11.7 Å². The monoisotopic (exact) mass is 344 g/mol. The summed E-state index contributed by atoms with van der Waals surface area (Å²) < 4.78 is 40.2. The maximum Gasteiger partial charge on any atom is 0.234 e. The molecule has 24 heavy (non-hydrogen) atoms. The Bertz CT molecular complexity index is 683. The zero-order valence-corrected chi connectivity index (χ0v) is 13.2. The highest BCUT2D eigenvalue weighted by Gasteiger charge is 2.50. The zero-order chi connectivity index (χ0) is 18.1. The van der Waals surface area contributed by atoms with Gasteiger partial charge in [-0.2, -0.15) is 0 Å². The van der Waals surface area contributed by atoms with Crippen LogP contribution in [-0.4, -0.2) is 29.4 Å². The number of hydrogen-bond donors (Lipinski definition) is 3. The lowest BCUT2D eigenvalue weighted by atomic mass is 9.77. The summed E-state index contributed by atoms with van der Waals surface area (Å²) in [4.78, 5) is 27.7. The predicted octanol–water partition coefficient (Wildman–Crippen LogP) is 0.369. The standard InChI is InChI=1S/C15H19F3N4O2/c1-7-8(3-16)9(4-17)10(5-18)12(22-7)15(14(20)24)2-11(13(19)23)21-6-15/h11,21H,2-6H2,1H3,(H2,19,23)(H2,20,24). The lowest BCUT2D eigenvalue weighted by Gasteiger charge is -2.28. The molecule has 1 aromatic rings. The van der Waals surface area contributed by atoms with E-state index in [-0.39, 0.29) is 41.0 Å². The van der Waals surface area contributed by atoms with Crippen LogP contribution in [0.5, 0.6) is 0 Å². The van der Waals surface area contributed by atoms with E-state index in [9.17, 15) is 22.8 Å². The second kappa shape index (κ2) is 6.76. The summed E-state index contributed by atoms with van der Waals surface area (Å²) >= 11 is 0. The van der Waals surface area contributed by atoms with Crippen molar-refractivity contribution in [1.82, 2.24) is 10.3 Å². The second-order valence-corrected chi connectivity index (χ2v) is 5.87. The normalized spacial score (nSPS) is 23.4. The largest absolute Gasteiger partial charge is 0.369 e. The summed E-state index contributed by atoms with van der Waals surface area (Å²) in [5.41, 5.74) is 8.94. The van der Waals surface area contributed by atoms with Gasteiger partial charge < -0.3 is 16.8 Å². The van der Waals surface area contributed by atoms with Crippen LogP contribution in [0.3, 0.4) is 0 Å². The molecule has 6 nitrogen and oxygen atoms in total. The fourth-order valence-corrected chi connectivity index (χ4v) is 3.20. The Balaban J connectivity index is 2.70. The maximum atomic E-state index is 13.6. The van der Waals surface area contributed by atoms with Crippen molar-refractivity contribution in [2.24, 2.45) is 11.5 Å². The molecule has 2 unspecified atom stereocenters. The van der Waals surface area contributed by atoms with E-state index in [0.29, 0.717) is 0 Å². The summed E-state index contributed by atoms with van der Waals surface area (Å²) in [6.07, 6.45) is -0.113. The number of hydrogen-bond acceptors (Lipinski definition) is 4. The van der Waals surface area contributed by atoms with Crippen LogP contribution in [0.2, 0.25) is 0 Å². The third-order valence-corrected chi connectivity index (χ3v) is 4.60. The number of alkyl halides is 3. The molecule has 2 amide bonds. The van der Waals surface area contributed by atoms with Gasteiger partial charge in [0.15, 0.2) is 0 Å². The van der Waals surface area contributed by atoms with Gasteiger partial charge >= 0.3 is 0 Å². The predicted molar refractivity (Wildman–Crippen MR) is 79.9 cm³/mol. The molecule has 0 radical (unpaired) electrons. The van der Waals surface area contributed by atoms with Gasteiger partial charge in [-0.1, -0.05) is 0 Å². The Kier molecular flexibility index (Phi) is 5.12. The Labute approximate surface area is 136 Å². The molecule has 0 saturated carbocycles. The fourth-order valence-electron chi connectivity index (χ4n) is 3.20. The van der Waals surface area contributed by atoms with Gasteiger partial charge in [-0.05, 0) is 18.9 Å². The number of rotatable bonds is 6. The van der Waals surface area contributed by atoms with Crippen molar-refractivity contribution in [3.63, 3.8) is 0 Å². The van der Waals surface area contributed by atoms with Crippen LogP contribution in [0.1, 0.15) is 34.5 Å². The van der Waals surface area contributed by atoms with Crippen LogP contribution in [0.15, 0.2) is 0 Å². The van der Waals surface area contributed by atoms with Gasteiger partial charge in [-0.15, -0.1) is 0 Å². The number of nitrogens with two attached hydrogens (primary N) is 2. The molecule has 0 aliphatic carbocycles. The summed E-state index contributed by atoms with van der Waals surface area (Å²) in [5.74, 6) is -1.53. The lowest BCUT2D eigenvalue weighted by Crippen LogP contribution is -2.45. The summed E-state index contributed by atoms with van der Waals surface area (Å²) in [6, 6.07) is -0.846. The van der Waals surface area contributed by atoms with Gasteiger partial charge in [-0.3, -0.25) is 14.6 Å². The number of aromatic nitrogens is 1. The van der Waals surface area contributed by atoms with E-state index in [1.54, 1.807) is 0 Å². The van der Waals surface area contributed by atoms with Crippen molar-refractivity contribution in [2.75, 3.05) is 6.54 Å². The second-order valence-electron chi connectivity index (χ2n) is 5.87. The SMILES string of the molecule is Cc1nc(C2(C(N)=O)CNC(C(N)=O)C2)c(CF)c(CF)c1CF. The molecule has 2 atom stereocenters. The highest BCUT2D eigenvalue weighted by atomic mass is 19.1. The average Bonchev–Trinajstić information content (AvgIpc) is 3.00. The van der Waals surface area contributed by atoms with Crippen LogP contribution in [0, 0.1) is 6.92 Å². The molecule has 0 aromatic carbocycles. The molecule has 0 spiro atoms. The number of nitrogens with zero attached hydrogens (tertiary/aromatic N) is 1. The molecular weight excluding hydrogens is 325 g/mol. The van der Waals surface area contributed by atoms with Crippen molar-refractivity contribution >= 4 is 11.8 Å². The Morgan fingerprint density at radius 2 is 1.75 bits per heavy atom. The molecule has 2 heterocycles. The van der Waals surface area contributed by atoms with E-state index in [2.05, 4.69) is 10.3 Å². The van der Waals surface area contributed by atoms with Crippen LogP contribution in [0.25, 0.3) is 0 Å². The first-order valence-electron chi connectivity index (χ1n) is 7.34. The summed E-state index contributed by atoms with van der Waals surface area (Å²) in [5, 5.41) is 2.76. The molecule has 1 saturated heterocycles. The van der Waals surface area contributed by atoms with Crippen molar-refractivity contribution in [1.29, 1.82) is 0 Å². The number of nitrogens with one attached hydrogen (secondary N) is 1. The Morgan fingerprint density at radius 3 is 2.17 bits per heavy atom. The molecule has 1 aliphatic heterocycles. The molecule has 1 fully saturated rings. The van der Waals surface area contributed by atoms with Crippen molar-refractivity contribution in [2.45, 2.75) is 44.8 Å². The number of halogens is 3. The molecule has 2 rings (SSSR count). The van der Waals surface area contributed by atoms with Gasteiger partial charge in [-0.25, -0.2) is 13.2 Å². The van der Waals surface area contributed by atoms with Crippen LogP contribution in [-0.2, 0) is 35.0 Å². The van der Waals surface area contributed by atoms with Crippen molar-refractivity contribution < 1.29 is 22.8 Å². The van der Waals surface area contributed by atoms with Crippen molar-refractivity contribution in [3.8, 4) is 0 Å². The minimum absolute atomic E-state index is 0.0362. The molecular formula is C15H19F3N4O2. The quantitative estimate of drug-likeness (QED) is 0.692. The lowest BCUT2D eigenvalue weighted by molar-refractivity contribution is -0.123. The number of amides is 2. The smallest absolute Gasteiger partial charge is 0.234 e. The van der Waals surface area contributed by atoms with E-state index in [1.807, 2.05) is 0 Å². The van der Waals surface area contributed by atoms with Gasteiger partial charge in [0.1, 0.15) is 25.4 Å². The number of primary amides is 2. The van der Waals surface area contributed by atoms with Crippen LogP contribution >= 0.6 is 0 Å². The van der Waals surface area contributed by atoms with E-state index in [4.69, 9.17) is 11.5 Å². The first-order valence-corrected chi connectivity index (χ1v) is 7.34. The molecule has 1 aliphatic rings. The van der Waals surface area contributed by atoms with Crippen LogP contribution < -0.4 is 16.8 Å². The maximum absolute atomic E-state index is 13.6. The summed E-state index contributed by atoms with van der Waals surface area (Å²) in [7, 11) is 0. The van der Waals surface area contributed by atoms with E-state index < -0.39 is 43.3 Å². The highest BCUT2D eigenvalue weighted by molar-refractivity contribution is 5.90. The number of carbonyl (C=O) groups excluding carboxylic acids is 2. The van der Waals surface area contributed by atoms with E-state index in [1.165, 1.54) is 6.92 Å². The molecule has 5 N–H and O–H groups in total. The topological polar surface area (TPSA) is 111 Å². The minimum Gasteiger partial charge on any atom is -0.369 e. The first-order chi connectivity index (χ1) is 11.3.